The van der Waals surface area contributed by atoms with Gasteiger partial charge in [-0.15, -0.1) is 10.2 Å². The van der Waals surface area contributed by atoms with Crippen molar-refractivity contribution in [3.8, 4) is 0 Å². The van der Waals surface area contributed by atoms with Crippen LogP contribution < -0.4 is 5.73 Å². The molecule has 118 valence electrons. The summed E-state index contributed by atoms with van der Waals surface area (Å²) in [6.07, 6.45) is 3.63. The highest BCUT2D eigenvalue weighted by atomic mass is 16.2. The van der Waals surface area contributed by atoms with Crippen molar-refractivity contribution in [3.05, 3.63) is 11.6 Å². The lowest BCUT2D eigenvalue weighted by Crippen LogP contribution is -2.31. The third-order valence-electron chi connectivity index (χ3n) is 4.09. The van der Waals surface area contributed by atoms with Crippen LogP contribution in [0.2, 0.25) is 0 Å². The highest BCUT2D eigenvalue weighted by Gasteiger charge is 2.21. The maximum absolute atomic E-state index is 12.3. The molecule has 0 radical (unpaired) electrons. The maximum Gasteiger partial charge on any atom is 0.223 e. The predicted octanol–water partition coefficient (Wildman–Crippen LogP) is 1.19. The third kappa shape index (κ3) is 4.03. The molecule has 1 aromatic heterocycles. The molecule has 1 aliphatic heterocycles. The van der Waals surface area contributed by atoms with E-state index in [4.69, 9.17) is 5.73 Å². The zero-order chi connectivity index (χ0) is 15.4. The molecule has 21 heavy (non-hydrogen) atoms. The number of hydrogen-bond donors (Lipinski definition) is 1. The van der Waals surface area contributed by atoms with Crippen LogP contribution in [0.25, 0.3) is 0 Å². The van der Waals surface area contributed by atoms with Gasteiger partial charge in [0.05, 0.1) is 6.54 Å². The molecule has 0 saturated heterocycles. The minimum absolute atomic E-state index is 0.140. The van der Waals surface area contributed by atoms with E-state index in [9.17, 15) is 4.79 Å². The van der Waals surface area contributed by atoms with Crippen LogP contribution in [0.4, 0.5) is 0 Å². The first-order valence-electron chi connectivity index (χ1n) is 7.86. The highest BCUT2D eigenvalue weighted by molar-refractivity contribution is 5.76. The molecule has 0 aromatic carbocycles. The largest absolute Gasteiger partial charge is 0.338 e. The topological polar surface area (TPSA) is 77.0 Å². The standard InChI is InChI=1S/C15H27N5O/c1-11(2)7-12(9-16)8-15(21)19(3)10-14-18-17-13-5-4-6-20(13)14/h11-12H,4-10,16H2,1-3H3. The highest BCUT2D eigenvalue weighted by Crippen LogP contribution is 2.18. The Balaban J connectivity index is 1.90. The molecular weight excluding hydrogens is 266 g/mol. The van der Waals surface area contributed by atoms with E-state index >= 15 is 0 Å². The monoisotopic (exact) mass is 293 g/mol. The molecule has 0 aliphatic carbocycles. The summed E-state index contributed by atoms with van der Waals surface area (Å²) in [5.74, 6) is 2.92. The van der Waals surface area contributed by atoms with Crippen LogP contribution in [0, 0.1) is 11.8 Å². The van der Waals surface area contributed by atoms with Gasteiger partial charge in [0.2, 0.25) is 5.91 Å². The van der Waals surface area contributed by atoms with Gasteiger partial charge in [0, 0.05) is 26.4 Å². The van der Waals surface area contributed by atoms with Crippen LogP contribution >= 0.6 is 0 Å². The molecule has 2 N–H and O–H groups in total. The van der Waals surface area contributed by atoms with Gasteiger partial charge in [-0.3, -0.25) is 4.79 Å². The van der Waals surface area contributed by atoms with E-state index in [0.717, 1.165) is 37.5 Å². The van der Waals surface area contributed by atoms with E-state index in [1.807, 2.05) is 7.05 Å². The summed E-state index contributed by atoms with van der Waals surface area (Å²) in [6, 6.07) is 0. The summed E-state index contributed by atoms with van der Waals surface area (Å²) >= 11 is 0. The smallest absolute Gasteiger partial charge is 0.223 e. The fraction of sp³-hybridized carbons (Fsp3) is 0.800. The van der Waals surface area contributed by atoms with Crippen LogP contribution in [0.1, 0.15) is 44.8 Å². The normalized spacial score (nSPS) is 15.3. The number of carbonyl (C=O) groups is 1. The average Bonchev–Trinajstić information content (AvgIpc) is 3.02. The van der Waals surface area contributed by atoms with Crippen LogP contribution in [-0.4, -0.2) is 39.2 Å². The summed E-state index contributed by atoms with van der Waals surface area (Å²) < 4.78 is 2.14. The molecule has 0 spiro atoms. The first-order valence-corrected chi connectivity index (χ1v) is 7.86. The van der Waals surface area contributed by atoms with E-state index in [-0.39, 0.29) is 11.8 Å². The summed E-state index contributed by atoms with van der Waals surface area (Å²) in [7, 11) is 1.84. The molecule has 2 heterocycles. The SMILES string of the molecule is CC(C)CC(CN)CC(=O)N(C)Cc1nnc2n1CCC2. The Morgan fingerprint density at radius 3 is 2.86 bits per heavy atom. The Morgan fingerprint density at radius 1 is 1.43 bits per heavy atom. The van der Waals surface area contributed by atoms with Crippen LogP contribution in [0.15, 0.2) is 0 Å². The first kappa shape index (κ1) is 15.9. The zero-order valence-electron chi connectivity index (χ0n) is 13.4. The lowest BCUT2D eigenvalue weighted by Gasteiger charge is -2.21. The second-order valence-corrected chi connectivity index (χ2v) is 6.47. The molecule has 6 nitrogen and oxygen atoms in total. The molecule has 1 unspecified atom stereocenters. The molecule has 1 amide bonds. The van der Waals surface area contributed by atoms with Gasteiger partial charge >= 0.3 is 0 Å². The summed E-state index contributed by atoms with van der Waals surface area (Å²) in [6.45, 7) is 6.40. The number of nitrogens with zero attached hydrogens (tertiary/aromatic N) is 4. The van der Waals surface area contributed by atoms with Crippen LogP contribution in [0.3, 0.4) is 0 Å². The second kappa shape index (κ2) is 7.02. The van der Waals surface area contributed by atoms with Crippen molar-refractivity contribution in [2.75, 3.05) is 13.6 Å². The van der Waals surface area contributed by atoms with Crippen LogP contribution in [0.5, 0.6) is 0 Å². The van der Waals surface area contributed by atoms with Gasteiger partial charge in [0.1, 0.15) is 5.82 Å². The van der Waals surface area contributed by atoms with Crippen molar-refractivity contribution >= 4 is 5.91 Å². The fourth-order valence-corrected chi connectivity index (χ4v) is 2.96. The lowest BCUT2D eigenvalue weighted by atomic mass is 9.94. The number of aryl methyl sites for hydroxylation is 1. The van der Waals surface area contributed by atoms with Gasteiger partial charge in [-0.05, 0) is 31.2 Å². The van der Waals surface area contributed by atoms with E-state index in [1.165, 1.54) is 0 Å². The Bertz CT molecular complexity index is 482. The van der Waals surface area contributed by atoms with E-state index in [2.05, 4.69) is 28.6 Å². The minimum atomic E-state index is 0.140. The molecular formula is C15H27N5O. The van der Waals surface area contributed by atoms with Gasteiger partial charge < -0.3 is 15.2 Å². The number of amides is 1. The summed E-state index contributed by atoms with van der Waals surface area (Å²) in [5, 5.41) is 8.38. The Labute approximate surface area is 126 Å². The molecule has 0 bridgehead atoms. The van der Waals surface area contributed by atoms with Gasteiger partial charge in [0.15, 0.2) is 5.82 Å². The maximum atomic E-state index is 12.3. The molecule has 0 fully saturated rings. The van der Waals surface area contributed by atoms with Crippen molar-refractivity contribution in [1.82, 2.24) is 19.7 Å². The number of rotatable bonds is 7. The fourth-order valence-electron chi connectivity index (χ4n) is 2.96. The van der Waals surface area contributed by atoms with Gasteiger partial charge in [-0.1, -0.05) is 13.8 Å². The van der Waals surface area contributed by atoms with Gasteiger partial charge in [-0.25, -0.2) is 0 Å². The van der Waals surface area contributed by atoms with E-state index in [1.54, 1.807) is 4.90 Å². The summed E-state index contributed by atoms with van der Waals surface area (Å²) in [5.41, 5.74) is 5.78. The molecule has 1 aliphatic rings. The number of carbonyl (C=O) groups excluding carboxylic acids is 1. The Hall–Kier alpha value is -1.43. The van der Waals surface area contributed by atoms with Crippen molar-refractivity contribution in [2.24, 2.45) is 17.6 Å². The Morgan fingerprint density at radius 2 is 2.19 bits per heavy atom. The zero-order valence-corrected chi connectivity index (χ0v) is 13.4. The predicted molar refractivity (Wildman–Crippen MR) is 81.4 cm³/mol. The molecule has 6 heteroatoms. The molecule has 1 aromatic rings. The minimum Gasteiger partial charge on any atom is -0.338 e. The Kier molecular flexibility index (Phi) is 5.33. The van der Waals surface area contributed by atoms with E-state index in [0.29, 0.717) is 25.4 Å². The van der Waals surface area contributed by atoms with E-state index < -0.39 is 0 Å². The summed E-state index contributed by atoms with van der Waals surface area (Å²) in [4.78, 5) is 14.1. The number of hydrogen-bond acceptors (Lipinski definition) is 4. The lowest BCUT2D eigenvalue weighted by molar-refractivity contribution is -0.131. The molecule has 0 saturated carbocycles. The number of fused-ring (bicyclic) bond motifs is 1. The van der Waals surface area contributed by atoms with Crippen molar-refractivity contribution in [2.45, 2.75) is 52.6 Å². The number of nitrogens with two attached hydrogens (primary N) is 1. The van der Waals surface area contributed by atoms with Gasteiger partial charge in [-0.2, -0.15) is 0 Å². The quantitative estimate of drug-likeness (QED) is 0.819. The van der Waals surface area contributed by atoms with Crippen molar-refractivity contribution < 1.29 is 4.79 Å². The van der Waals surface area contributed by atoms with Crippen molar-refractivity contribution in [1.29, 1.82) is 0 Å². The van der Waals surface area contributed by atoms with Crippen LogP contribution in [-0.2, 0) is 24.3 Å². The first-order chi connectivity index (χ1) is 10.0. The molecule has 2 rings (SSSR count). The van der Waals surface area contributed by atoms with Gasteiger partial charge in [0.25, 0.3) is 0 Å². The second-order valence-electron chi connectivity index (χ2n) is 6.47. The molecule has 1 atom stereocenters. The average molecular weight is 293 g/mol. The number of aromatic nitrogens is 3. The third-order valence-corrected chi connectivity index (χ3v) is 4.09. The van der Waals surface area contributed by atoms with Crippen molar-refractivity contribution in [3.63, 3.8) is 0 Å².